The molecule has 166 valence electrons. The second-order valence-corrected chi connectivity index (χ2v) is 17.6. The first-order valence-electron chi connectivity index (χ1n) is 9.51. The second kappa shape index (κ2) is 10.9. The number of thiophene rings is 5. The quantitative estimate of drug-likeness (QED) is 0.161. The molecule has 9 heteroatoms. The lowest BCUT2D eigenvalue weighted by Crippen LogP contribution is -1.63. The Morgan fingerprint density at radius 2 is 0.848 bits per heavy atom. The molecule has 0 unspecified atom stereocenters. The third-order valence-electron chi connectivity index (χ3n) is 4.57. The molecule has 0 spiro atoms. The van der Waals surface area contributed by atoms with Crippen LogP contribution in [0, 0.1) is 0 Å². The molecule has 0 nitrogen and oxygen atoms in total. The molecular weight excluding hydrogens is 768 g/mol. The van der Waals surface area contributed by atoms with Gasteiger partial charge in [-0.2, -0.15) is 0 Å². The van der Waals surface area contributed by atoms with E-state index in [-0.39, 0.29) is 0 Å². The molecule has 0 aliphatic rings. The van der Waals surface area contributed by atoms with E-state index in [9.17, 15) is 0 Å². The molecule has 0 fully saturated rings. The van der Waals surface area contributed by atoms with Gasteiger partial charge in [-0.3, -0.25) is 0 Å². The molecular formula is C24H12Br4S5. The SMILES string of the molecule is Brc1cc(/C=C/c2ccc(-c3ccc(-c4ccc(/C=C/c5cc(Br)sc5Br)s4)s3)s2)c(Br)s1. The van der Waals surface area contributed by atoms with Gasteiger partial charge in [-0.1, -0.05) is 12.2 Å². The van der Waals surface area contributed by atoms with Crippen molar-refractivity contribution >= 4 is 145 Å². The topological polar surface area (TPSA) is 0 Å². The smallest absolute Gasteiger partial charge is 0.0782 e. The third-order valence-corrected chi connectivity index (χ3v) is 12.9. The van der Waals surface area contributed by atoms with Crippen LogP contribution in [0.1, 0.15) is 20.9 Å². The van der Waals surface area contributed by atoms with Crippen LogP contribution >= 0.6 is 120 Å². The fourth-order valence-corrected chi connectivity index (χ4v) is 11.5. The van der Waals surface area contributed by atoms with Crippen LogP contribution in [-0.2, 0) is 0 Å². The minimum atomic E-state index is 1.13. The Labute approximate surface area is 245 Å². The zero-order chi connectivity index (χ0) is 22.9. The summed E-state index contributed by atoms with van der Waals surface area (Å²) in [6, 6.07) is 17.6. The van der Waals surface area contributed by atoms with Crippen molar-refractivity contribution in [3.8, 4) is 19.5 Å². The number of halogens is 4. The molecule has 5 aromatic rings. The highest BCUT2D eigenvalue weighted by Crippen LogP contribution is 2.41. The molecule has 0 aliphatic heterocycles. The Morgan fingerprint density at radius 3 is 1.24 bits per heavy atom. The van der Waals surface area contributed by atoms with Gasteiger partial charge in [-0.05, 0) is 124 Å². The van der Waals surface area contributed by atoms with Crippen molar-refractivity contribution in [2.24, 2.45) is 0 Å². The van der Waals surface area contributed by atoms with Crippen LogP contribution in [0.15, 0.2) is 63.7 Å². The van der Waals surface area contributed by atoms with Crippen LogP contribution in [-0.4, -0.2) is 0 Å². The third kappa shape index (κ3) is 6.01. The van der Waals surface area contributed by atoms with Gasteiger partial charge in [0, 0.05) is 40.4 Å². The van der Waals surface area contributed by atoms with Gasteiger partial charge < -0.3 is 0 Å². The summed E-state index contributed by atoms with van der Waals surface area (Å²) >= 11 is 23.2. The van der Waals surface area contributed by atoms with E-state index < -0.39 is 0 Å². The predicted molar refractivity (Wildman–Crippen MR) is 168 cm³/mol. The number of rotatable bonds is 6. The highest BCUT2D eigenvalue weighted by atomic mass is 79.9. The van der Waals surface area contributed by atoms with Gasteiger partial charge in [0.25, 0.3) is 0 Å². The van der Waals surface area contributed by atoms with Crippen LogP contribution in [0.2, 0.25) is 0 Å². The normalized spacial score (nSPS) is 12.0. The first kappa shape index (κ1) is 24.6. The Bertz CT molecular complexity index is 1360. The standard InChI is InChI=1S/C24H12Br4S5/c25-21-11-13(23(27)32-21)1-3-15-5-7-17(29-15)19-9-10-20(31-19)18-8-6-16(30-18)4-2-14-12-22(26)33-24(14)28/h1-12H/b3-1+,4-2+. The lowest BCUT2D eigenvalue weighted by molar-refractivity contribution is 1.82. The minimum absolute atomic E-state index is 1.13. The van der Waals surface area contributed by atoms with Crippen LogP contribution < -0.4 is 0 Å². The lowest BCUT2D eigenvalue weighted by Gasteiger charge is -1.91. The van der Waals surface area contributed by atoms with Crippen molar-refractivity contribution in [1.29, 1.82) is 0 Å². The Kier molecular flexibility index (Phi) is 8.11. The highest BCUT2D eigenvalue weighted by Gasteiger charge is 2.10. The zero-order valence-electron chi connectivity index (χ0n) is 16.5. The first-order chi connectivity index (χ1) is 15.9. The largest absolute Gasteiger partial charge is 0.135 e. The van der Waals surface area contributed by atoms with Gasteiger partial charge in [0.15, 0.2) is 0 Å². The number of hydrogen-bond donors (Lipinski definition) is 0. The van der Waals surface area contributed by atoms with Gasteiger partial charge in [-0.15, -0.1) is 56.7 Å². The van der Waals surface area contributed by atoms with Crippen molar-refractivity contribution in [2.45, 2.75) is 0 Å². The van der Waals surface area contributed by atoms with Crippen LogP contribution in [0.25, 0.3) is 43.8 Å². The van der Waals surface area contributed by atoms with Gasteiger partial charge >= 0.3 is 0 Å². The van der Waals surface area contributed by atoms with E-state index in [1.807, 2.05) is 34.0 Å². The molecule has 0 aromatic carbocycles. The summed E-state index contributed by atoms with van der Waals surface area (Å²) in [6.45, 7) is 0. The lowest BCUT2D eigenvalue weighted by atomic mass is 10.3. The van der Waals surface area contributed by atoms with E-state index in [0.717, 1.165) is 15.1 Å². The van der Waals surface area contributed by atoms with E-state index in [1.54, 1.807) is 22.7 Å². The molecule has 5 aromatic heterocycles. The van der Waals surface area contributed by atoms with Crippen molar-refractivity contribution in [2.75, 3.05) is 0 Å². The summed E-state index contributed by atoms with van der Waals surface area (Å²) in [7, 11) is 0. The molecule has 0 saturated heterocycles. The highest BCUT2D eigenvalue weighted by molar-refractivity contribution is 9.12. The fourth-order valence-electron chi connectivity index (χ4n) is 3.03. The van der Waals surface area contributed by atoms with Crippen molar-refractivity contribution in [1.82, 2.24) is 0 Å². The van der Waals surface area contributed by atoms with E-state index in [1.165, 1.54) is 40.4 Å². The van der Waals surface area contributed by atoms with Gasteiger partial charge in [0.1, 0.15) is 0 Å². The predicted octanol–water partition coefficient (Wildman–Crippen LogP) is 12.7. The Hall–Kier alpha value is -0.1000. The number of hydrogen-bond acceptors (Lipinski definition) is 5. The molecule has 0 amide bonds. The molecule has 0 saturated carbocycles. The first-order valence-corrected chi connectivity index (χ1v) is 16.8. The van der Waals surface area contributed by atoms with E-state index >= 15 is 0 Å². The van der Waals surface area contributed by atoms with Crippen LogP contribution in [0.5, 0.6) is 0 Å². The summed E-state index contributed by atoms with van der Waals surface area (Å²) in [4.78, 5) is 7.74. The summed E-state index contributed by atoms with van der Waals surface area (Å²) < 4.78 is 4.55. The van der Waals surface area contributed by atoms with E-state index in [2.05, 4.69) is 137 Å². The zero-order valence-corrected chi connectivity index (χ0v) is 26.9. The molecule has 5 heterocycles. The summed E-state index contributed by atoms with van der Waals surface area (Å²) in [6.07, 6.45) is 8.69. The second-order valence-electron chi connectivity index (χ2n) is 6.79. The van der Waals surface area contributed by atoms with Gasteiger partial charge in [0.05, 0.1) is 15.1 Å². The maximum absolute atomic E-state index is 3.62. The van der Waals surface area contributed by atoms with Gasteiger partial charge in [-0.25, -0.2) is 0 Å². The maximum atomic E-state index is 3.62. The Morgan fingerprint density at radius 1 is 0.455 bits per heavy atom. The maximum Gasteiger partial charge on any atom is 0.0782 e. The average Bonchev–Trinajstić information content (AvgIpc) is 3.57. The summed E-state index contributed by atoms with van der Waals surface area (Å²) in [5, 5.41) is 0. The fraction of sp³-hybridized carbons (Fsp3) is 0. The minimum Gasteiger partial charge on any atom is -0.135 e. The summed E-state index contributed by atoms with van der Waals surface area (Å²) in [5.41, 5.74) is 2.39. The molecule has 0 bridgehead atoms. The average molecular weight is 780 g/mol. The molecule has 33 heavy (non-hydrogen) atoms. The molecule has 5 rings (SSSR count). The molecule has 0 aliphatic carbocycles. The molecule has 0 N–H and O–H groups in total. The Balaban J connectivity index is 1.30. The van der Waals surface area contributed by atoms with Crippen molar-refractivity contribution < 1.29 is 0 Å². The monoisotopic (exact) mass is 776 g/mol. The van der Waals surface area contributed by atoms with Crippen LogP contribution in [0.4, 0.5) is 0 Å². The molecule has 0 atom stereocenters. The van der Waals surface area contributed by atoms with E-state index in [4.69, 9.17) is 0 Å². The van der Waals surface area contributed by atoms with Gasteiger partial charge in [0.2, 0.25) is 0 Å². The van der Waals surface area contributed by atoms with Crippen molar-refractivity contribution in [3.63, 3.8) is 0 Å². The van der Waals surface area contributed by atoms with Crippen molar-refractivity contribution in [3.05, 3.63) is 84.6 Å². The summed E-state index contributed by atoms with van der Waals surface area (Å²) in [5.74, 6) is 0. The van der Waals surface area contributed by atoms with Crippen LogP contribution in [0.3, 0.4) is 0 Å². The van der Waals surface area contributed by atoms with E-state index in [0.29, 0.717) is 0 Å². The molecule has 0 radical (unpaired) electrons.